The third kappa shape index (κ3) is 14.0. The first-order valence-electron chi connectivity index (χ1n) is 10.7. The Morgan fingerprint density at radius 1 is 1.21 bits per heavy atom. The van der Waals surface area contributed by atoms with Crippen LogP contribution >= 0.6 is 11.6 Å². The van der Waals surface area contributed by atoms with Crippen LogP contribution in [-0.4, -0.2) is 49.2 Å². The molecule has 4 nitrogen and oxygen atoms in total. The molecule has 28 heavy (non-hydrogen) atoms. The highest BCUT2D eigenvalue weighted by Crippen LogP contribution is 2.18. The number of nitrogens with zero attached hydrogens (tertiary/aromatic N) is 1. The number of hydrogen-bond acceptors (Lipinski definition) is 3. The second kappa shape index (κ2) is 20.6. The smallest absolute Gasteiger partial charge is 0.250 e. The average molecular weight is 415 g/mol. The summed E-state index contributed by atoms with van der Waals surface area (Å²) >= 11 is 5.56. The van der Waals surface area contributed by atoms with Gasteiger partial charge in [-0.25, -0.2) is 0 Å². The van der Waals surface area contributed by atoms with Crippen molar-refractivity contribution in [2.75, 3.05) is 26.2 Å². The van der Waals surface area contributed by atoms with Crippen LogP contribution < -0.4 is 5.32 Å². The summed E-state index contributed by atoms with van der Waals surface area (Å²) in [4.78, 5) is 14.3. The number of allylic oxidation sites excluding steroid dienone is 3. The number of halogens is 1. The average Bonchev–Trinajstić information content (AvgIpc) is 2.78. The highest BCUT2D eigenvalue weighted by Gasteiger charge is 2.27. The van der Waals surface area contributed by atoms with Gasteiger partial charge in [0.15, 0.2) is 0 Å². The van der Waals surface area contributed by atoms with E-state index in [1.54, 1.807) is 12.2 Å². The lowest BCUT2D eigenvalue weighted by molar-refractivity contribution is -0.139. The normalized spacial score (nSPS) is 20.2. The monoisotopic (exact) mass is 414 g/mol. The molecule has 1 amide bonds. The summed E-state index contributed by atoms with van der Waals surface area (Å²) in [5.41, 5.74) is 0. The van der Waals surface area contributed by atoms with E-state index < -0.39 is 0 Å². The summed E-state index contributed by atoms with van der Waals surface area (Å²) < 4.78 is 5.56. The minimum atomic E-state index is -0.259. The summed E-state index contributed by atoms with van der Waals surface area (Å²) in [5.74, 6) is 0.0926. The van der Waals surface area contributed by atoms with Gasteiger partial charge in [0.2, 0.25) is 0 Å². The number of amides is 1. The first-order valence-corrected chi connectivity index (χ1v) is 11.1. The molecule has 1 atom stereocenters. The number of carbonyl (C=O) groups excluding carboxylic acids is 1. The summed E-state index contributed by atoms with van der Waals surface area (Å²) in [5, 5.41) is 4.00. The number of likely N-dealkylation sites (N-methyl/N-ethyl adjacent to an activating group) is 1. The summed E-state index contributed by atoms with van der Waals surface area (Å²) in [7, 11) is 0. The Balaban J connectivity index is 0. The van der Waals surface area contributed by atoms with E-state index >= 15 is 0 Å². The van der Waals surface area contributed by atoms with Gasteiger partial charge in [0.05, 0.1) is 6.61 Å². The highest BCUT2D eigenvalue weighted by molar-refractivity contribution is 6.29. The molecule has 5 heteroatoms. The Hall–Kier alpha value is -1.10. The van der Waals surface area contributed by atoms with E-state index in [9.17, 15) is 4.79 Å². The Morgan fingerprint density at radius 2 is 1.82 bits per heavy atom. The number of nitrogens with one attached hydrogen (secondary N) is 1. The van der Waals surface area contributed by atoms with Crippen LogP contribution in [0.4, 0.5) is 0 Å². The predicted molar refractivity (Wildman–Crippen MR) is 124 cm³/mol. The van der Waals surface area contributed by atoms with E-state index in [4.69, 9.17) is 16.3 Å². The van der Waals surface area contributed by atoms with Gasteiger partial charge in [-0.2, -0.15) is 0 Å². The molecular weight excluding hydrogens is 372 g/mol. The zero-order chi connectivity index (χ0) is 21.8. The van der Waals surface area contributed by atoms with Crippen molar-refractivity contribution in [3.8, 4) is 0 Å². The van der Waals surface area contributed by atoms with Gasteiger partial charge in [-0.05, 0) is 31.9 Å². The molecule has 0 aromatic rings. The number of morpholine rings is 1. The van der Waals surface area contributed by atoms with Crippen molar-refractivity contribution < 1.29 is 9.53 Å². The topological polar surface area (TPSA) is 41.6 Å². The largest absolute Gasteiger partial charge is 0.366 e. The molecule has 2 rings (SSSR count). The molecule has 1 saturated carbocycles. The lowest BCUT2D eigenvalue weighted by Gasteiger charge is -2.32. The van der Waals surface area contributed by atoms with E-state index in [1.807, 2.05) is 20.8 Å². The van der Waals surface area contributed by atoms with E-state index in [-0.39, 0.29) is 12.0 Å². The van der Waals surface area contributed by atoms with Crippen LogP contribution in [0.15, 0.2) is 36.9 Å². The second-order valence-corrected chi connectivity index (χ2v) is 6.78. The molecule has 1 heterocycles. The molecule has 2 fully saturated rings. The van der Waals surface area contributed by atoms with Gasteiger partial charge >= 0.3 is 0 Å². The van der Waals surface area contributed by atoms with Crippen molar-refractivity contribution >= 4 is 17.5 Å². The summed E-state index contributed by atoms with van der Waals surface area (Å²) in [6, 6.07) is 0.386. The maximum absolute atomic E-state index is 12.1. The Labute approximate surface area is 179 Å². The van der Waals surface area contributed by atoms with Crippen LogP contribution in [0.5, 0.6) is 0 Å². The quantitative estimate of drug-likeness (QED) is 0.464. The lowest BCUT2D eigenvalue weighted by atomic mass is 9.95. The van der Waals surface area contributed by atoms with Gasteiger partial charge in [-0.1, -0.05) is 71.2 Å². The maximum atomic E-state index is 12.1. The number of hydrogen-bond donors (Lipinski definition) is 1. The zero-order valence-corrected chi connectivity index (χ0v) is 19.4. The molecule has 1 unspecified atom stereocenters. The molecule has 2 aliphatic rings. The standard InChI is InChI=1S/C13H24N2O2.C6H9Cl.C2H6.C2H4/c1-2-15-8-9-17-12(10-15)13(16)14-11-6-4-3-5-7-11;1-3-5-6(7)4-2;2*1-2/h11-12H,2-10H2,1H3,(H,14,16);3,5H,1,4H2,2H3;1-2H3;1-2H2/b;6-5+;;. The molecule has 0 aromatic carbocycles. The van der Waals surface area contributed by atoms with Crippen molar-refractivity contribution in [3.63, 3.8) is 0 Å². The summed E-state index contributed by atoms with van der Waals surface area (Å²) in [6.45, 7) is 21.0. The van der Waals surface area contributed by atoms with Crippen molar-refractivity contribution in [2.45, 2.75) is 78.4 Å². The zero-order valence-electron chi connectivity index (χ0n) is 18.6. The van der Waals surface area contributed by atoms with Gasteiger partial charge in [-0.3, -0.25) is 9.69 Å². The molecule has 0 bridgehead atoms. The van der Waals surface area contributed by atoms with E-state index in [0.29, 0.717) is 12.6 Å². The highest BCUT2D eigenvalue weighted by atomic mass is 35.5. The minimum Gasteiger partial charge on any atom is -0.366 e. The molecule has 0 aromatic heterocycles. The lowest BCUT2D eigenvalue weighted by Crippen LogP contribution is -2.51. The number of carbonyl (C=O) groups is 1. The van der Waals surface area contributed by atoms with Crippen LogP contribution in [0.2, 0.25) is 0 Å². The van der Waals surface area contributed by atoms with Crippen LogP contribution in [0.3, 0.4) is 0 Å². The Morgan fingerprint density at radius 3 is 2.29 bits per heavy atom. The molecule has 1 N–H and O–H groups in total. The third-order valence-electron chi connectivity index (χ3n) is 4.48. The molecule has 1 aliphatic carbocycles. The van der Waals surface area contributed by atoms with E-state index in [0.717, 1.165) is 43.9 Å². The van der Waals surface area contributed by atoms with Crippen LogP contribution in [0.25, 0.3) is 0 Å². The van der Waals surface area contributed by atoms with Gasteiger partial charge in [-0.15, -0.1) is 13.2 Å². The SMILES string of the molecule is C=C.C=C/C=C(/Cl)CC.CC.CCN1CCOC(C(=O)NC2CCCCC2)C1. The molecular formula is C23H43ClN2O2. The Kier molecular flexibility index (Phi) is 21.4. The van der Waals surface area contributed by atoms with Crippen LogP contribution in [0, 0.1) is 0 Å². The first-order chi connectivity index (χ1) is 13.6. The van der Waals surface area contributed by atoms with E-state index in [1.165, 1.54) is 19.3 Å². The fourth-order valence-electron chi connectivity index (χ4n) is 2.94. The van der Waals surface area contributed by atoms with Gasteiger partial charge in [0, 0.05) is 24.2 Å². The van der Waals surface area contributed by atoms with Crippen molar-refractivity contribution in [3.05, 3.63) is 36.9 Å². The summed E-state index contributed by atoms with van der Waals surface area (Å²) in [6.07, 6.45) is 10.2. The fourth-order valence-corrected chi connectivity index (χ4v) is 3.02. The number of ether oxygens (including phenoxy) is 1. The minimum absolute atomic E-state index is 0.0926. The molecule has 0 radical (unpaired) electrons. The molecule has 164 valence electrons. The van der Waals surface area contributed by atoms with Crippen LogP contribution in [-0.2, 0) is 9.53 Å². The maximum Gasteiger partial charge on any atom is 0.250 e. The van der Waals surface area contributed by atoms with Crippen molar-refractivity contribution in [2.24, 2.45) is 0 Å². The van der Waals surface area contributed by atoms with Gasteiger partial charge in [0.25, 0.3) is 5.91 Å². The predicted octanol–water partition coefficient (Wildman–Crippen LogP) is 5.69. The van der Waals surface area contributed by atoms with Crippen LogP contribution in [0.1, 0.15) is 66.2 Å². The molecule has 1 saturated heterocycles. The van der Waals surface area contributed by atoms with Crippen molar-refractivity contribution in [1.82, 2.24) is 10.2 Å². The van der Waals surface area contributed by atoms with Gasteiger partial charge < -0.3 is 10.1 Å². The fraction of sp³-hybridized carbons (Fsp3) is 0.696. The van der Waals surface area contributed by atoms with E-state index in [2.05, 4.69) is 36.9 Å². The van der Waals surface area contributed by atoms with Gasteiger partial charge in [0.1, 0.15) is 6.10 Å². The molecule has 1 aliphatic heterocycles. The van der Waals surface area contributed by atoms with Crippen molar-refractivity contribution in [1.29, 1.82) is 0 Å². The second-order valence-electron chi connectivity index (χ2n) is 6.30. The Bertz CT molecular complexity index is 421. The first kappa shape index (κ1) is 29.1. The third-order valence-corrected chi connectivity index (χ3v) is 4.87. The number of rotatable bonds is 5. The molecule has 0 spiro atoms.